The van der Waals surface area contributed by atoms with Crippen LogP contribution < -0.4 is 4.74 Å². The van der Waals surface area contributed by atoms with Crippen molar-refractivity contribution in [3.63, 3.8) is 0 Å². The monoisotopic (exact) mass is 379 g/mol. The van der Waals surface area contributed by atoms with Crippen molar-refractivity contribution in [2.24, 2.45) is 4.99 Å². The van der Waals surface area contributed by atoms with Gasteiger partial charge >= 0.3 is 12.1 Å². The van der Waals surface area contributed by atoms with E-state index in [9.17, 15) is 23.1 Å². The van der Waals surface area contributed by atoms with Crippen molar-refractivity contribution in [3.8, 4) is 11.5 Å². The summed E-state index contributed by atoms with van der Waals surface area (Å²) in [4.78, 5) is 16.5. The van der Waals surface area contributed by atoms with Crippen LogP contribution in [0.5, 0.6) is 11.5 Å². The molecular weight excluding hydrogens is 359 g/mol. The highest BCUT2D eigenvalue weighted by molar-refractivity contribution is 6.00. The molecule has 0 saturated carbocycles. The number of phenols is 1. The Balaban J connectivity index is 2.50. The van der Waals surface area contributed by atoms with Crippen LogP contribution in [0.2, 0.25) is 0 Å². The number of halogens is 3. The number of hydrogen-bond donors (Lipinski definition) is 1. The minimum Gasteiger partial charge on any atom is -0.506 e. The average molecular weight is 379 g/mol. The van der Waals surface area contributed by atoms with E-state index in [1.807, 2.05) is 6.92 Å². The number of aromatic hydroxyl groups is 1. The Bertz CT molecular complexity index is 831. The topological polar surface area (TPSA) is 58.9 Å². The van der Waals surface area contributed by atoms with Crippen molar-refractivity contribution >= 4 is 12.2 Å². The number of esters is 1. The van der Waals surface area contributed by atoms with Gasteiger partial charge < -0.3 is 9.84 Å². The lowest BCUT2D eigenvalue weighted by Crippen LogP contribution is -2.17. The SMILES string of the molecule is CCCCN=Cc1cc(C(F)(F)F)c(C)c(C(=O)Oc2ccccc2)c1O. The van der Waals surface area contributed by atoms with Crippen molar-refractivity contribution in [2.45, 2.75) is 32.9 Å². The van der Waals surface area contributed by atoms with Gasteiger partial charge in [0, 0.05) is 18.3 Å². The molecule has 144 valence electrons. The number of carbonyl (C=O) groups is 1. The van der Waals surface area contributed by atoms with Crippen LogP contribution in [-0.2, 0) is 6.18 Å². The Kier molecular flexibility index (Phi) is 6.60. The number of hydrogen-bond acceptors (Lipinski definition) is 4. The number of phenolic OH excluding ortho intramolecular Hbond substituents is 1. The first-order valence-corrected chi connectivity index (χ1v) is 8.46. The fourth-order valence-electron chi connectivity index (χ4n) is 2.49. The predicted molar refractivity (Wildman–Crippen MR) is 96.6 cm³/mol. The summed E-state index contributed by atoms with van der Waals surface area (Å²) in [7, 11) is 0. The zero-order valence-electron chi connectivity index (χ0n) is 15.0. The van der Waals surface area contributed by atoms with Crippen molar-refractivity contribution < 1.29 is 27.8 Å². The third-order valence-corrected chi connectivity index (χ3v) is 3.92. The molecule has 7 heteroatoms. The minimum atomic E-state index is -4.69. The number of para-hydroxylation sites is 1. The highest BCUT2D eigenvalue weighted by Gasteiger charge is 2.36. The fourth-order valence-corrected chi connectivity index (χ4v) is 2.49. The Morgan fingerprint density at radius 3 is 2.52 bits per heavy atom. The van der Waals surface area contributed by atoms with Crippen molar-refractivity contribution in [2.75, 3.05) is 6.54 Å². The summed E-state index contributed by atoms with van der Waals surface area (Å²) in [6.45, 7) is 3.50. The summed E-state index contributed by atoms with van der Waals surface area (Å²) in [6.07, 6.45) is -1.90. The Morgan fingerprint density at radius 2 is 1.93 bits per heavy atom. The van der Waals surface area contributed by atoms with E-state index >= 15 is 0 Å². The van der Waals surface area contributed by atoms with Gasteiger partial charge in [0.1, 0.15) is 17.1 Å². The average Bonchev–Trinajstić information content (AvgIpc) is 2.60. The van der Waals surface area contributed by atoms with Gasteiger partial charge in [-0.1, -0.05) is 31.5 Å². The van der Waals surface area contributed by atoms with Gasteiger partial charge in [-0.3, -0.25) is 4.99 Å². The summed E-state index contributed by atoms with van der Waals surface area (Å²) >= 11 is 0. The number of carbonyl (C=O) groups excluding carboxylic acids is 1. The third kappa shape index (κ3) is 5.09. The second-order valence-electron chi connectivity index (χ2n) is 5.95. The van der Waals surface area contributed by atoms with Crippen LogP contribution in [0.1, 0.15) is 46.8 Å². The van der Waals surface area contributed by atoms with Gasteiger partial charge in [-0.2, -0.15) is 13.2 Å². The minimum absolute atomic E-state index is 0.164. The molecule has 0 unspecified atom stereocenters. The predicted octanol–water partition coefficient (Wildman–Crippen LogP) is 5.16. The first kappa shape index (κ1) is 20.5. The Hall–Kier alpha value is -2.83. The van der Waals surface area contributed by atoms with Gasteiger partial charge in [-0.15, -0.1) is 0 Å². The van der Waals surface area contributed by atoms with Crippen LogP contribution in [-0.4, -0.2) is 23.8 Å². The van der Waals surface area contributed by atoms with E-state index in [0.29, 0.717) is 6.54 Å². The van der Waals surface area contributed by atoms with E-state index < -0.39 is 34.6 Å². The maximum Gasteiger partial charge on any atom is 0.416 e. The summed E-state index contributed by atoms with van der Waals surface area (Å²) in [5.41, 5.74) is -2.11. The number of unbranched alkanes of at least 4 members (excludes halogenated alkanes) is 1. The van der Waals surface area contributed by atoms with Crippen LogP contribution in [0.4, 0.5) is 13.2 Å². The second kappa shape index (κ2) is 8.70. The summed E-state index contributed by atoms with van der Waals surface area (Å²) in [6, 6.07) is 8.71. The fraction of sp³-hybridized carbons (Fsp3) is 0.300. The molecule has 0 saturated heterocycles. The van der Waals surface area contributed by atoms with Crippen LogP contribution in [0.3, 0.4) is 0 Å². The molecule has 2 aromatic rings. The Labute approximate surface area is 155 Å². The first-order valence-electron chi connectivity index (χ1n) is 8.46. The van der Waals surface area contributed by atoms with Gasteiger partial charge in [0.15, 0.2) is 0 Å². The number of rotatable bonds is 6. The highest BCUT2D eigenvalue weighted by Crippen LogP contribution is 2.38. The molecule has 0 aliphatic heterocycles. The van der Waals surface area contributed by atoms with E-state index in [0.717, 1.165) is 32.0 Å². The molecule has 2 rings (SSSR count). The lowest BCUT2D eigenvalue weighted by Gasteiger charge is -2.17. The van der Waals surface area contributed by atoms with E-state index in [1.54, 1.807) is 18.2 Å². The lowest BCUT2D eigenvalue weighted by atomic mass is 9.97. The smallest absolute Gasteiger partial charge is 0.416 e. The summed E-state index contributed by atoms with van der Waals surface area (Å²) < 4.78 is 45.3. The van der Waals surface area contributed by atoms with Gasteiger partial charge in [0.05, 0.1) is 5.56 Å². The third-order valence-electron chi connectivity index (χ3n) is 3.92. The molecule has 1 N–H and O–H groups in total. The molecule has 0 aliphatic rings. The zero-order valence-corrected chi connectivity index (χ0v) is 15.0. The van der Waals surface area contributed by atoms with Crippen LogP contribution in [0.25, 0.3) is 0 Å². The molecule has 0 amide bonds. The van der Waals surface area contributed by atoms with E-state index in [1.165, 1.54) is 12.1 Å². The number of benzene rings is 2. The molecule has 0 bridgehead atoms. The lowest BCUT2D eigenvalue weighted by molar-refractivity contribution is -0.138. The molecule has 0 aromatic heterocycles. The van der Waals surface area contributed by atoms with Gasteiger partial charge in [-0.05, 0) is 37.1 Å². The van der Waals surface area contributed by atoms with Gasteiger partial charge in [0.2, 0.25) is 0 Å². The van der Waals surface area contributed by atoms with E-state index in [-0.39, 0.29) is 11.3 Å². The Morgan fingerprint density at radius 1 is 1.26 bits per heavy atom. The summed E-state index contributed by atoms with van der Waals surface area (Å²) in [5, 5.41) is 10.4. The van der Waals surface area contributed by atoms with E-state index in [2.05, 4.69) is 4.99 Å². The maximum absolute atomic E-state index is 13.4. The molecule has 4 nitrogen and oxygen atoms in total. The van der Waals surface area contributed by atoms with Gasteiger partial charge in [0.25, 0.3) is 0 Å². The van der Waals surface area contributed by atoms with Crippen LogP contribution in [0.15, 0.2) is 41.4 Å². The maximum atomic E-state index is 13.4. The molecular formula is C20H20F3NO3. The zero-order chi connectivity index (χ0) is 20.0. The van der Waals surface area contributed by atoms with Crippen LogP contribution >= 0.6 is 0 Å². The molecule has 0 spiro atoms. The summed E-state index contributed by atoms with van der Waals surface area (Å²) in [5.74, 6) is -1.48. The first-order chi connectivity index (χ1) is 12.8. The van der Waals surface area contributed by atoms with Crippen molar-refractivity contribution in [1.82, 2.24) is 0 Å². The molecule has 27 heavy (non-hydrogen) atoms. The largest absolute Gasteiger partial charge is 0.506 e. The molecule has 0 aliphatic carbocycles. The number of aliphatic imine (C=N–C) groups is 1. The van der Waals surface area contributed by atoms with E-state index in [4.69, 9.17) is 4.74 Å². The molecule has 0 heterocycles. The number of alkyl halides is 3. The normalized spacial score (nSPS) is 11.7. The van der Waals surface area contributed by atoms with Crippen LogP contribution in [0, 0.1) is 6.92 Å². The molecule has 0 fully saturated rings. The highest BCUT2D eigenvalue weighted by atomic mass is 19.4. The van der Waals surface area contributed by atoms with Gasteiger partial charge in [-0.25, -0.2) is 4.79 Å². The van der Waals surface area contributed by atoms with Crippen molar-refractivity contribution in [3.05, 3.63) is 58.7 Å². The number of nitrogens with zero attached hydrogens (tertiary/aromatic N) is 1. The molecule has 2 aromatic carbocycles. The second-order valence-corrected chi connectivity index (χ2v) is 5.95. The number of ether oxygens (including phenoxy) is 1. The molecule has 0 atom stereocenters. The van der Waals surface area contributed by atoms with Crippen molar-refractivity contribution in [1.29, 1.82) is 0 Å². The quantitative estimate of drug-likeness (QED) is 0.326. The standard InChI is InChI=1S/C20H20F3NO3/c1-3-4-10-24-12-14-11-16(20(21,22)23)13(2)17(18(14)25)19(26)27-15-8-6-5-7-9-15/h5-9,11-12,25H,3-4,10H2,1-2H3. The molecule has 0 radical (unpaired) electrons.